The summed E-state index contributed by atoms with van der Waals surface area (Å²) in [5.41, 5.74) is 6.67. The maximum Gasteiger partial charge on any atom is 0.307 e. The molecule has 0 radical (unpaired) electrons. The van der Waals surface area contributed by atoms with Crippen molar-refractivity contribution >= 4 is 22.6 Å². The topological polar surface area (TPSA) is 59.0 Å². The number of piperidine rings is 1. The molecule has 0 aliphatic carbocycles. The zero-order valence-electron chi connectivity index (χ0n) is 15.5. The number of quaternary nitrogens is 1. The molecular weight excluding hydrogens is 338 g/mol. The number of nitrogens with zero attached hydrogens (tertiary/aromatic N) is 1. The first-order chi connectivity index (χ1) is 13.2. The second-order valence-electron chi connectivity index (χ2n) is 7.08. The third-order valence-corrected chi connectivity index (χ3v) is 5.20. The first-order valence-electron chi connectivity index (χ1n) is 9.42. The summed E-state index contributed by atoms with van der Waals surface area (Å²) in [5.74, 6) is 0.0583. The Bertz CT molecular complexity index is 966. The molecule has 0 atom stereocenters. The van der Waals surface area contributed by atoms with Gasteiger partial charge in [-0.15, -0.1) is 0 Å². The van der Waals surface area contributed by atoms with E-state index < -0.39 is 0 Å². The summed E-state index contributed by atoms with van der Waals surface area (Å²) in [6.07, 6.45) is 1.81. The smallest absolute Gasteiger partial charge is 0.307 e. The predicted octanol–water partition coefficient (Wildman–Crippen LogP) is 2.71. The largest absolute Gasteiger partial charge is 0.451 e. The van der Waals surface area contributed by atoms with Crippen LogP contribution in [0.5, 0.6) is 0 Å². The van der Waals surface area contributed by atoms with Gasteiger partial charge in [-0.3, -0.25) is 4.79 Å². The van der Waals surface area contributed by atoms with Crippen molar-refractivity contribution in [2.45, 2.75) is 26.3 Å². The summed E-state index contributed by atoms with van der Waals surface area (Å²) in [6.45, 7) is 5.01. The molecule has 1 aliphatic heterocycles. The third-order valence-electron chi connectivity index (χ3n) is 5.20. The van der Waals surface area contributed by atoms with Gasteiger partial charge < -0.3 is 9.32 Å². The molecule has 1 aliphatic rings. The van der Waals surface area contributed by atoms with Crippen LogP contribution in [0.15, 0.2) is 64.1 Å². The van der Waals surface area contributed by atoms with Gasteiger partial charge >= 0.3 is 5.91 Å². The number of carbonyl (C=O) groups is 1. The van der Waals surface area contributed by atoms with Gasteiger partial charge in [-0.05, 0) is 13.0 Å². The molecule has 0 spiro atoms. The highest BCUT2D eigenvalue weighted by Crippen LogP contribution is 2.24. The van der Waals surface area contributed by atoms with Crippen molar-refractivity contribution in [2.75, 3.05) is 13.1 Å². The van der Waals surface area contributed by atoms with Gasteiger partial charge in [0.15, 0.2) is 5.76 Å². The van der Waals surface area contributed by atoms with Gasteiger partial charge in [0.1, 0.15) is 12.1 Å². The average molecular weight is 362 g/mol. The van der Waals surface area contributed by atoms with Crippen LogP contribution in [0.4, 0.5) is 0 Å². The number of fused-ring (bicyclic) bond motifs is 1. The maximum absolute atomic E-state index is 12.5. The molecule has 0 bridgehead atoms. The standard InChI is InChI=1S/C22H23N3O2/c1-16-19-9-5-6-10-20(19)27-21(16)22(26)24-23-18-11-13-25(14-12-18)15-17-7-3-2-4-8-17/h2-10H,11-15H2,1H3,(H,24,26)/p+1. The SMILES string of the molecule is Cc1c(C(=O)NN=C2CC[NH+](Cc3ccccc3)CC2)oc2ccccc12. The summed E-state index contributed by atoms with van der Waals surface area (Å²) in [4.78, 5) is 14.0. The van der Waals surface area contributed by atoms with Crippen LogP contribution in [0.25, 0.3) is 11.0 Å². The number of hydrogen-bond acceptors (Lipinski definition) is 3. The van der Waals surface area contributed by atoms with Crippen LogP contribution in [-0.2, 0) is 6.54 Å². The number of amides is 1. The van der Waals surface area contributed by atoms with E-state index in [0.717, 1.165) is 54.7 Å². The fourth-order valence-corrected chi connectivity index (χ4v) is 3.64. The van der Waals surface area contributed by atoms with Crippen molar-refractivity contribution in [1.29, 1.82) is 0 Å². The lowest BCUT2D eigenvalue weighted by molar-refractivity contribution is -0.914. The summed E-state index contributed by atoms with van der Waals surface area (Å²) < 4.78 is 5.70. The van der Waals surface area contributed by atoms with Crippen molar-refractivity contribution < 1.29 is 14.1 Å². The van der Waals surface area contributed by atoms with Crippen LogP contribution in [0, 0.1) is 6.92 Å². The van der Waals surface area contributed by atoms with Crippen LogP contribution in [0.2, 0.25) is 0 Å². The van der Waals surface area contributed by atoms with Crippen molar-refractivity contribution in [3.8, 4) is 0 Å². The van der Waals surface area contributed by atoms with E-state index in [0.29, 0.717) is 5.76 Å². The first kappa shape index (κ1) is 17.5. The number of carbonyl (C=O) groups excluding carboxylic acids is 1. The van der Waals surface area contributed by atoms with E-state index in [4.69, 9.17) is 4.42 Å². The normalized spacial score (nSPS) is 17.1. The van der Waals surface area contributed by atoms with E-state index in [1.807, 2.05) is 37.3 Å². The van der Waals surface area contributed by atoms with Gasteiger partial charge in [-0.25, -0.2) is 5.43 Å². The highest BCUT2D eigenvalue weighted by molar-refractivity contribution is 5.99. The van der Waals surface area contributed by atoms with Gasteiger partial charge in [0.25, 0.3) is 0 Å². The molecule has 1 amide bonds. The molecule has 0 saturated carbocycles. The molecular formula is C22H24N3O2+. The second kappa shape index (κ2) is 7.76. The Morgan fingerprint density at radius 1 is 1.07 bits per heavy atom. The van der Waals surface area contributed by atoms with Crippen LogP contribution in [-0.4, -0.2) is 24.7 Å². The number of para-hydroxylation sites is 1. The number of hydrogen-bond donors (Lipinski definition) is 2. The fourth-order valence-electron chi connectivity index (χ4n) is 3.64. The molecule has 1 fully saturated rings. The molecule has 1 saturated heterocycles. The van der Waals surface area contributed by atoms with Crippen molar-refractivity contribution in [3.05, 3.63) is 71.5 Å². The summed E-state index contributed by atoms with van der Waals surface area (Å²) in [6, 6.07) is 18.2. The molecule has 138 valence electrons. The van der Waals surface area contributed by atoms with Crippen molar-refractivity contribution in [1.82, 2.24) is 5.43 Å². The van der Waals surface area contributed by atoms with Crippen LogP contribution < -0.4 is 10.3 Å². The van der Waals surface area contributed by atoms with E-state index >= 15 is 0 Å². The van der Waals surface area contributed by atoms with E-state index in [-0.39, 0.29) is 5.91 Å². The lowest BCUT2D eigenvalue weighted by Gasteiger charge is -2.24. The molecule has 3 aromatic rings. The quantitative estimate of drug-likeness (QED) is 0.701. The monoisotopic (exact) mass is 362 g/mol. The molecule has 5 heteroatoms. The minimum atomic E-state index is -0.282. The number of hydrazone groups is 1. The Morgan fingerprint density at radius 3 is 2.52 bits per heavy atom. The number of rotatable bonds is 4. The Balaban J connectivity index is 1.35. The number of benzene rings is 2. The van der Waals surface area contributed by atoms with Crippen LogP contribution >= 0.6 is 0 Å². The van der Waals surface area contributed by atoms with Crippen molar-refractivity contribution in [2.24, 2.45) is 5.10 Å². The molecule has 0 unspecified atom stereocenters. The maximum atomic E-state index is 12.5. The Morgan fingerprint density at radius 2 is 1.78 bits per heavy atom. The zero-order chi connectivity index (χ0) is 18.6. The lowest BCUT2D eigenvalue weighted by Crippen LogP contribution is -3.11. The predicted molar refractivity (Wildman–Crippen MR) is 106 cm³/mol. The number of nitrogens with one attached hydrogen (secondary N) is 2. The van der Waals surface area contributed by atoms with Gasteiger partial charge in [0, 0.05) is 35.1 Å². The Kier molecular flexibility index (Phi) is 5.03. The molecule has 2 N–H and O–H groups in total. The summed E-state index contributed by atoms with van der Waals surface area (Å²) in [7, 11) is 0. The lowest BCUT2D eigenvalue weighted by atomic mass is 10.1. The second-order valence-corrected chi connectivity index (χ2v) is 7.08. The minimum Gasteiger partial charge on any atom is -0.451 e. The minimum absolute atomic E-state index is 0.282. The van der Waals surface area contributed by atoms with Crippen LogP contribution in [0.1, 0.15) is 34.5 Å². The van der Waals surface area contributed by atoms with E-state index in [2.05, 4.69) is 34.8 Å². The Labute approximate surface area is 158 Å². The number of likely N-dealkylation sites (tertiary alicyclic amines) is 1. The third kappa shape index (κ3) is 3.93. The van der Waals surface area contributed by atoms with E-state index in [1.54, 1.807) is 4.90 Å². The molecule has 1 aromatic heterocycles. The van der Waals surface area contributed by atoms with Crippen LogP contribution in [0.3, 0.4) is 0 Å². The van der Waals surface area contributed by atoms with Gasteiger partial charge in [-0.2, -0.15) is 5.10 Å². The Hall–Kier alpha value is -2.92. The van der Waals surface area contributed by atoms with Crippen molar-refractivity contribution in [3.63, 3.8) is 0 Å². The molecule has 5 nitrogen and oxygen atoms in total. The fraction of sp³-hybridized carbons (Fsp3) is 0.273. The summed E-state index contributed by atoms with van der Waals surface area (Å²) >= 11 is 0. The summed E-state index contributed by atoms with van der Waals surface area (Å²) in [5, 5.41) is 5.32. The number of aryl methyl sites for hydroxylation is 1. The van der Waals surface area contributed by atoms with Gasteiger partial charge in [0.05, 0.1) is 13.1 Å². The van der Waals surface area contributed by atoms with E-state index in [9.17, 15) is 4.79 Å². The first-order valence-corrected chi connectivity index (χ1v) is 9.42. The molecule has 4 rings (SSSR count). The number of furan rings is 1. The zero-order valence-corrected chi connectivity index (χ0v) is 15.5. The highest BCUT2D eigenvalue weighted by Gasteiger charge is 2.20. The highest BCUT2D eigenvalue weighted by atomic mass is 16.3. The molecule has 2 aromatic carbocycles. The van der Waals surface area contributed by atoms with E-state index in [1.165, 1.54) is 5.56 Å². The van der Waals surface area contributed by atoms with Gasteiger partial charge in [-0.1, -0.05) is 48.5 Å². The molecule has 2 heterocycles. The molecule has 27 heavy (non-hydrogen) atoms. The van der Waals surface area contributed by atoms with Gasteiger partial charge in [0.2, 0.25) is 0 Å². The average Bonchev–Trinajstić information content (AvgIpc) is 3.05.